The molecule has 5 nitrogen and oxygen atoms in total. The van der Waals surface area contributed by atoms with Gasteiger partial charge in [-0.15, -0.1) is 0 Å². The van der Waals surface area contributed by atoms with Gasteiger partial charge in [0.1, 0.15) is 11.6 Å². The smallest absolute Gasteiger partial charge is 0.147 e. The van der Waals surface area contributed by atoms with Gasteiger partial charge in [-0.25, -0.2) is 9.97 Å². The number of anilines is 2. The number of nitrogens with two attached hydrogens (primary N) is 1. The monoisotopic (exact) mass is 222 g/mol. The zero-order valence-corrected chi connectivity index (χ0v) is 9.34. The lowest BCUT2D eigenvalue weighted by atomic mass is 10.1. The Morgan fingerprint density at radius 1 is 1.44 bits per heavy atom. The lowest BCUT2D eigenvalue weighted by molar-refractivity contribution is 0.279. The summed E-state index contributed by atoms with van der Waals surface area (Å²) in [5, 5.41) is 8.86. The normalized spacial score (nSPS) is 20.3. The molecule has 1 aliphatic rings. The minimum absolute atomic E-state index is 0.262. The number of aliphatic hydroxyl groups excluding tert-OH is 1. The highest BCUT2D eigenvalue weighted by Crippen LogP contribution is 2.26. The number of rotatable bonds is 4. The number of nitrogen functional groups attached to an aromatic ring is 1. The van der Waals surface area contributed by atoms with Gasteiger partial charge in [0.05, 0.1) is 12.4 Å². The first-order chi connectivity index (χ1) is 7.81. The summed E-state index contributed by atoms with van der Waals surface area (Å²) in [6, 6.07) is 0.491. The number of nitrogens with zero attached hydrogens (tertiary/aromatic N) is 3. The molecule has 0 bridgehead atoms. The maximum Gasteiger partial charge on any atom is 0.147 e. The molecule has 0 radical (unpaired) electrons. The molecule has 1 aromatic heterocycles. The third kappa shape index (κ3) is 2.41. The van der Waals surface area contributed by atoms with E-state index in [0.29, 0.717) is 11.9 Å². The lowest BCUT2D eigenvalue weighted by Crippen LogP contribution is -2.30. The van der Waals surface area contributed by atoms with Gasteiger partial charge in [0, 0.05) is 19.2 Å². The summed E-state index contributed by atoms with van der Waals surface area (Å²) < 4.78 is 0. The van der Waals surface area contributed by atoms with Crippen LogP contribution in [0.1, 0.15) is 25.7 Å². The van der Waals surface area contributed by atoms with Crippen molar-refractivity contribution >= 4 is 11.6 Å². The summed E-state index contributed by atoms with van der Waals surface area (Å²) in [5.74, 6) is 1.35. The van der Waals surface area contributed by atoms with Crippen molar-refractivity contribution in [3.05, 3.63) is 12.4 Å². The Balaban J connectivity index is 2.04. The van der Waals surface area contributed by atoms with E-state index in [1.807, 2.05) is 0 Å². The summed E-state index contributed by atoms with van der Waals surface area (Å²) in [6.45, 7) is 1.28. The molecule has 1 aliphatic heterocycles. The third-order valence-corrected chi connectivity index (χ3v) is 3.03. The number of hydrogen-bond donors (Lipinski definition) is 2. The van der Waals surface area contributed by atoms with Crippen LogP contribution in [0, 0.1) is 0 Å². The highest BCUT2D eigenvalue weighted by molar-refractivity contribution is 5.41. The van der Waals surface area contributed by atoms with Gasteiger partial charge < -0.3 is 15.7 Å². The van der Waals surface area contributed by atoms with Crippen LogP contribution in [0.15, 0.2) is 12.4 Å². The van der Waals surface area contributed by atoms with Crippen molar-refractivity contribution in [3.8, 4) is 0 Å². The number of aromatic nitrogens is 2. The Kier molecular flexibility index (Phi) is 3.56. The second-order valence-electron chi connectivity index (χ2n) is 4.15. The van der Waals surface area contributed by atoms with Crippen LogP contribution in [0.2, 0.25) is 0 Å². The van der Waals surface area contributed by atoms with Crippen LogP contribution in [0.5, 0.6) is 0 Å². The standard InChI is InChI=1S/C11H18N4O/c12-10-7-14-11(8-13-10)15-5-1-3-9(15)4-2-6-16/h7-9,16H,1-6H2,(H2,12,13). The summed E-state index contributed by atoms with van der Waals surface area (Å²) >= 11 is 0. The fourth-order valence-electron chi connectivity index (χ4n) is 2.24. The Morgan fingerprint density at radius 2 is 2.31 bits per heavy atom. The van der Waals surface area contributed by atoms with Crippen molar-refractivity contribution in [2.45, 2.75) is 31.7 Å². The molecule has 0 amide bonds. The Hall–Kier alpha value is -1.36. The van der Waals surface area contributed by atoms with E-state index in [-0.39, 0.29) is 6.61 Å². The molecule has 1 aromatic rings. The van der Waals surface area contributed by atoms with E-state index < -0.39 is 0 Å². The molecule has 0 aliphatic carbocycles. The van der Waals surface area contributed by atoms with Crippen LogP contribution >= 0.6 is 0 Å². The zero-order chi connectivity index (χ0) is 11.4. The lowest BCUT2D eigenvalue weighted by Gasteiger charge is -2.25. The van der Waals surface area contributed by atoms with Gasteiger partial charge in [-0.05, 0) is 25.7 Å². The molecule has 2 heterocycles. The van der Waals surface area contributed by atoms with Crippen molar-refractivity contribution in [3.63, 3.8) is 0 Å². The van der Waals surface area contributed by atoms with Gasteiger partial charge in [0.15, 0.2) is 0 Å². The van der Waals surface area contributed by atoms with Crippen LogP contribution in [0.25, 0.3) is 0 Å². The molecule has 1 fully saturated rings. The van der Waals surface area contributed by atoms with Crippen LogP contribution in [-0.4, -0.2) is 34.3 Å². The van der Waals surface area contributed by atoms with Crippen LogP contribution < -0.4 is 10.6 Å². The Morgan fingerprint density at radius 3 is 3.00 bits per heavy atom. The van der Waals surface area contributed by atoms with Crippen molar-refractivity contribution in [2.75, 3.05) is 23.8 Å². The maximum absolute atomic E-state index is 8.86. The topological polar surface area (TPSA) is 75.3 Å². The SMILES string of the molecule is Nc1cnc(N2CCCC2CCCO)cn1. The van der Waals surface area contributed by atoms with Crippen molar-refractivity contribution in [2.24, 2.45) is 0 Å². The summed E-state index contributed by atoms with van der Waals surface area (Å²) in [6.07, 6.45) is 7.55. The van der Waals surface area contributed by atoms with E-state index in [1.165, 1.54) is 12.8 Å². The summed E-state index contributed by atoms with van der Waals surface area (Å²) in [7, 11) is 0. The Bertz CT molecular complexity index is 327. The van der Waals surface area contributed by atoms with Crippen LogP contribution in [0.3, 0.4) is 0 Å². The molecule has 1 saturated heterocycles. The average Bonchev–Trinajstić information content (AvgIpc) is 2.75. The molecule has 88 valence electrons. The zero-order valence-electron chi connectivity index (χ0n) is 9.34. The van der Waals surface area contributed by atoms with Gasteiger partial charge in [0.25, 0.3) is 0 Å². The molecule has 3 N–H and O–H groups in total. The fraction of sp³-hybridized carbons (Fsp3) is 0.636. The van der Waals surface area contributed by atoms with Crippen molar-refractivity contribution in [1.29, 1.82) is 0 Å². The van der Waals surface area contributed by atoms with Gasteiger partial charge in [-0.2, -0.15) is 0 Å². The fourth-order valence-corrected chi connectivity index (χ4v) is 2.24. The third-order valence-electron chi connectivity index (χ3n) is 3.03. The second kappa shape index (κ2) is 5.12. The predicted octanol–water partition coefficient (Wildman–Crippen LogP) is 0.800. The van der Waals surface area contributed by atoms with Gasteiger partial charge in [-0.1, -0.05) is 0 Å². The van der Waals surface area contributed by atoms with Crippen molar-refractivity contribution < 1.29 is 5.11 Å². The molecular formula is C11H18N4O. The van der Waals surface area contributed by atoms with Gasteiger partial charge in [0.2, 0.25) is 0 Å². The first kappa shape index (κ1) is 11.1. The number of hydrogen-bond acceptors (Lipinski definition) is 5. The van der Waals surface area contributed by atoms with Gasteiger partial charge in [-0.3, -0.25) is 0 Å². The quantitative estimate of drug-likeness (QED) is 0.788. The van der Waals surface area contributed by atoms with Crippen molar-refractivity contribution in [1.82, 2.24) is 9.97 Å². The molecule has 0 spiro atoms. The molecule has 1 unspecified atom stereocenters. The first-order valence-electron chi connectivity index (χ1n) is 5.76. The predicted molar refractivity (Wildman–Crippen MR) is 63.1 cm³/mol. The summed E-state index contributed by atoms with van der Waals surface area (Å²) in [5.41, 5.74) is 5.52. The molecule has 5 heteroatoms. The minimum atomic E-state index is 0.262. The van der Waals surface area contributed by atoms with E-state index in [2.05, 4.69) is 14.9 Å². The molecule has 16 heavy (non-hydrogen) atoms. The van der Waals surface area contributed by atoms with Gasteiger partial charge >= 0.3 is 0 Å². The van der Waals surface area contributed by atoms with Crippen LogP contribution in [0.4, 0.5) is 11.6 Å². The summed E-state index contributed by atoms with van der Waals surface area (Å²) in [4.78, 5) is 10.6. The molecule has 2 rings (SSSR count). The van der Waals surface area contributed by atoms with Crippen LogP contribution in [-0.2, 0) is 0 Å². The molecular weight excluding hydrogens is 204 g/mol. The first-order valence-corrected chi connectivity index (χ1v) is 5.76. The Labute approximate surface area is 95.3 Å². The van der Waals surface area contributed by atoms with E-state index in [1.54, 1.807) is 12.4 Å². The van der Waals surface area contributed by atoms with E-state index in [0.717, 1.165) is 25.2 Å². The highest BCUT2D eigenvalue weighted by atomic mass is 16.2. The minimum Gasteiger partial charge on any atom is -0.396 e. The van der Waals surface area contributed by atoms with E-state index in [4.69, 9.17) is 10.8 Å². The van der Waals surface area contributed by atoms with E-state index in [9.17, 15) is 0 Å². The molecule has 1 atom stereocenters. The maximum atomic E-state index is 8.86. The second-order valence-corrected chi connectivity index (χ2v) is 4.15. The molecule has 0 saturated carbocycles. The molecule has 0 aromatic carbocycles. The number of aliphatic hydroxyl groups is 1. The highest BCUT2D eigenvalue weighted by Gasteiger charge is 2.25. The average molecular weight is 222 g/mol. The van der Waals surface area contributed by atoms with E-state index >= 15 is 0 Å². The largest absolute Gasteiger partial charge is 0.396 e.